The van der Waals surface area contributed by atoms with Gasteiger partial charge in [-0.2, -0.15) is 0 Å². The molecule has 15 heavy (non-hydrogen) atoms. The molecule has 0 aliphatic heterocycles. The van der Waals surface area contributed by atoms with Gasteiger partial charge in [-0.1, -0.05) is 11.6 Å². The molecule has 1 aromatic heterocycles. The lowest BCUT2D eigenvalue weighted by Crippen LogP contribution is -2.23. The summed E-state index contributed by atoms with van der Waals surface area (Å²) >= 11 is 5.80. The third-order valence-corrected chi connectivity index (χ3v) is 2.24. The molecule has 0 saturated carbocycles. The van der Waals surface area contributed by atoms with E-state index in [0.717, 1.165) is 12.2 Å². The summed E-state index contributed by atoms with van der Waals surface area (Å²) in [6.07, 6.45) is 1.98. The molecule has 0 fully saturated rings. The normalized spacial score (nSPS) is 10.7. The molecular formula is C11H17ClN2O. The highest BCUT2D eigenvalue weighted by molar-refractivity contribution is 6.29. The van der Waals surface area contributed by atoms with Gasteiger partial charge in [-0.05, 0) is 26.0 Å². The number of halogens is 1. The third-order valence-electron chi connectivity index (χ3n) is 2.03. The van der Waals surface area contributed by atoms with E-state index < -0.39 is 0 Å². The SMILES string of the molecule is CC(C)OCCN(C)c1ccnc(Cl)c1. The predicted octanol–water partition coefficient (Wildman–Crippen LogP) is 2.60. The van der Waals surface area contributed by atoms with E-state index in [9.17, 15) is 0 Å². The van der Waals surface area contributed by atoms with Crippen molar-refractivity contribution in [1.82, 2.24) is 4.98 Å². The molecule has 0 radical (unpaired) electrons. The number of likely N-dealkylation sites (N-methyl/N-ethyl adjacent to an activating group) is 1. The predicted molar refractivity (Wildman–Crippen MR) is 63.6 cm³/mol. The van der Waals surface area contributed by atoms with Gasteiger partial charge in [0.2, 0.25) is 0 Å². The van der Waals surface area contributed by atoms with Gasteiger partial charge in [0.1, 0.15) is 5.15 Å². The van der Waals surface area contributed by atoms with Crippen molar-refractivity contribution >= 4 is 17.3 Å². The third kappa shape index (κ3) is 4.49. The van der Waals surface area contributed by atoms with Crippen molar-refractivity contribution in [2.45, 2.75) is 20.0 Å². The summed E-state index contributed by atoms with van der Waals surface area (Å²) in [7, 11) is 2.01. The Morgan fingerprint density at radius 2 is 2.27 bits per heavy atom. The molecule has 0 unspecified atom stereocenters. The maximum atomic E-state index is 5.80. The fraction of sp³-hybridized carbons (Fsp3) is 0.545. The number of anilines is 1. The van der Waals surface area contributed by atoms with Gasteiger partial charge in [0.15, 0.2) is 0 Å². The van der Waals surface area contributed by atoms with Crippen LogP contribution in [0, 0.1) is 0 Å². The van der Waals surface area contributed by atoms with Crippen LogP contribution in [0.2, 0.25) is 5.15 Å². The molecule has 1 heterocycles. The maximum Gasteiger partial charge on any atom is 0.131 e. The molecule has 1 rings (SSSR count). The minimum atomic E-state index is 0.277. The van der Waals surface area contributed by atoms with Crippen LogP contribution in [-0.2, 0) is 4.74 Å². The van der Waals surface area contributed by atoms with Gasteiger partial charge in [-0.25, -0.2) is 4.98 Å². The first-order valence-electron chi connectivity index (χ1n) is 5.04. The topological polar surface area (TPSA) is 25.4 Å². The first-order valence-corrected chi connectivity index (χ1v) is 5.41. The summed E-state index contributed by atoms with van der Waals surface area (Å²) < 4.78 is 5.47. The van der Waals surface area contributed by atoms with Gasteiger partial charge in [0.25, 0.3) is 0 Å². The highest BCUT2D eigenvalue weighted by Crippen LogP contribution is 2.15. The van der Waals surface area contributed by atoms with Crippen LogP contribution in [0.25, 0.3) is 0 Å². The Balaban J connectivity index is 2.43. The van der Waals surface area contributed by atoms with Crippen LogP contribution >= 0.6 is 11.6 Å². The van der Waals surface area contributed by atoms with Crippen LogP contribution in [0.1, 0.15) is 13.8 Å². The van der Waals surface area contributed by atoms with Crippen LogP contribution in [0.4, 0.5) is 5.69 Å². The van der Waals surface area contributed by atoms with Gasteiger partial charge in [-0.15, -0.1) is 0 Å². The Hall–Kier alpha value is -0.800. The Morgan fingerprint density at radius 3 is 2.87 bits per heavy atom. The summed E-state index contributed by atoms with van der Waals surface area (Å²) in [6, 6.07) is 3.78. The number of hydrogen-bond donors (Lipinski definition) is 0. The lowest BCUT2D eigenvalue weighted by molar-refractivity contribution is 0.0846. The smallest absolute Gasteiger partial charge is 0.131 e. The van der Waals surface area contributed by atoms with E-state index in [1.807, 2.05) is 33.0 Å². The zero-order valence-electron chi connectivity index (χ0n) is 9.40. The zero-order chi connectivity index (χ0) is 11.3. The van der Waals surface area contributed by atoms with E-state index in [0.29, 0.717) is 11.8 Å². The second kappa shape index (κ2) is 5.93. The largest absolute Gasteiger partial charge is 0.377 e. The number of hydrogen-bond acceptors (Lipinski definition) is 3. The second-order valence-corrected chi connectivity index (χ2v) is 4.07. The first-order chi connectivity index (χ1) is 7.09. The van der Waals surface area contributed by atoms with Crippen LogP contribution in [0.5, 0.6) is 0 Å². The van der Waals surface area contributed by atoms with Crippen molar-refractivity contribution < 1.29 is 4.74 Å². The van der Waals surface area contributed by atoms with E-state index >= 15 is 0 Å². The summed E-state index contributed by atoms with van der Waals surface area (Å²) in [6.45, 7) is 5.62. The molecule has 0 amide bonds. The van der Waals surface area contributed by atoms with Crippen LogP contribution in [0.3, 0.4) is 0 Å². The molecule has 0 aliphatic carbocycles. The molecule has 1 aromatic rings. The highest BCUT2D eigenvalue weighted by atomic mass is 35.5. The van der Waals surface area contributed by atoms with Crippen molar-refractivity contribution in [2.75, 3.05) is 25.1 Å². The monoisotopic (exact) mass is 228 g/mol. The van der Waals surface area contributed by atoms with Crippen LogP contribution < -0.4 is 4.90 Å². The van der Waals surface area contributed by atoms with E-state index in [-0.39, 0.29) is 6.10 Å². The molecule has 4 heteroatoms. The Morgan fingerprint density at radius 1 is 1.53 bits per heavy atom. The van der Waals surface area contributed by atoms with Gasteiger partial charge < -0.3 is 9.64 Å². The van der Waals surface area contributed by atoms with Crippen molar-refractivity contribution in [3.05, 3.63) is 23.5 Å². The van der Waals surface area contributed by atoms with Crippen LogP contribution in [-0.4, -0.2) is 31.3 Å². The molecule has 84 valence electrons. The zero-order valence-corrected chi connectivity index (χ0v) is 10.2. The average molecular weight is 229 g/mol. The van der Waals surface area contributed by atoms with Gasteiger partial charge >= 0.3 is 0 Å². The maximum absolute atomic E-state index is 5.80. The van der Waals surface area contributed by atoms with Gasteiger partial charge in [0, 0.05) is 25.5 Å². The minimum Gasteiger partial charge on any atom is -0.377 e. The molecule has 0 saturated heterocycles. The molecule has 0 atom stereocenters. The molecule has 0 spiro atoms. The van der Waals surface area contributed by atoms with Crippen LogP contribution in [0.15, 0.2) is 18.3 Å². The lowest BCUT2D eigenvalue weighted by Gasteiger charge is -2.19. The number of rotatable bonds is 5. The fourth-order valence-electron chi connectivity index (χ4n) is 1.18. The molecule has 3 nitrogen and oxygen atoms in total. The molecule has 0 aliphatic rings. The second-order valence-electron chi connectivity index (χ2n) is 3.68. The van der Waals surface area contributed by atoms with E-state index in [4.69, 9.17) is 16.3 Å². The van der Waals surface area contributed by atoms with Gasteiger partial charge in [-0.3, -0.25) is 0 Å². The van der Waals surface area contributed by atoms with Crippen molar-refractivity contribution in [3.8, 4) is 0 Å². The quantitative estimate of drug-likeness (QED) is 0.725. The molecular weight excluding hydrogens is 212 g/mol. The fourth-order valence-corrected chi connectivity index (χ4v) is 1.35. The van der Waals surface area contributed by atoms with Crippen molar-refractivity contribution in [2.24, 2.45) is 0 Å². The molecule has 0 N–H and O–H groups in total. The van der Waals surface area contributed by atoms with E-state index in [1.54, 1.807) is 6.20 Å². The summed E-state index contributed by atoms with van der Waals surface area (Å²) in [4.78, 5) is 6.03. The summed E-state index contributed by atoms with van der Waals surface area (Å²) in [5.74, 6) is 0. The Bertz CT molecular complexity index is 304. The first kappa shape index (κ1) is 12.3. The number of pyridine rings is 1. The summed E-state index contributed by atoms with van der Waals surface area (Å²) in [5, 5.41) is 0.518. The molecule has 0 aromatic carbocycles. The minimum absolute atomic E-state index is 0.277. The van der Waals surface area contributed by atoms with Crippen molar-refractivity contribution in [1.29, 1.82) is 0 Å². The number of ether oxygens (including phenoxy) is 1. The van der Waals surface area contributed by atoms with Crippen molar-refractivity contribution in [3.63, 3.8) is 0 Å². The molecule has 0 bridgehead atoms. The lowest BCUT2D eigenvalue weighted by atomic mass is 10.3. The standard InChI is InChI=1S/C11H17ClN2O/c1-9(2)15-7-6-14(3)10-4-5-13-11(12)8-10/h4-5,8-9H,6-7H2,1-3H3. The average Bonchev–Trinajstić information content (AvgIpc) is 2.17. The van der Waals surface area contributed by atoms with Gasteiger partial charge in [0.05, 0.1) is 12.7 Å². The number of nitrogens with zero attached hydrogens (tertiary/aromatic N) is 2. The summed E-state index contributed by atoms with van der Waals surface area (Å²) in [5.41, 5.74) is 1.06. The van der Waals surface area contributed by atoms with E-state index in [2.05, 4.69) is 9.88 Å². The Labute approximate surface area is 96.0 Å². The van der Waals surface area contributed by atoms with E-state index in [1.165, 1.54) is 0 Å². The Kier molecular flexibility index (Phi) is 4.85. The highest BCUT2D eigenvalue weighted by Gasteiger charge is 2.02. The number of aromatic nitrogens is 1.